The molecule has 46 valence electrons. The van der Waals surface area contributed by atoms with Crippen molar-refractivity contribution in [3.63, 3.8) is 0 Å². The first-order valence-electron chi connectivity index (χ1n) is 7.49. The standard InChI is InChI=1S/C6H12N2/c1-3-8-5-4-7(2)6-8/h4-5H,3,6H2,1-2H3/i1D3,2D3,3D2,4D,5D,6D. The van der Waals surface area contributed by atoms with Crippen molar-refractivity contribution in [1.82, 2.24) is 9.80 Å². The zero-order chi connectivity index (χ0) is 15.4. The molecule has 0 spiro atoms. The fourth-order valence-corrected chi connectivity index (χ4v) is 0.338. The molecule has 1 aliphatic heterocycles. The highest BCUT2D eigenvalue weighted by Gasteiger charge is 2.03. The summed E-state index contributed by atoms with van der Waals surface area (Å²) in [5.74, 6) is 0. The van der Waals surface area contributed by atoms with E-state index in [1.54, 1.807) is 0 Å². The molecule has 0 amide bonds. The lowest BCUT2D eigenvalue weighted by Crippen LogP contribution is -2.21. The van der Waals surface area contributed by atoms with Gasteiger partial charge in [0.25, 0.3) is 0 Å². The summed E-state index contributed by atoms with van der Waals surface area (Å²) < 4.78 is 80.2. The summed E-state index contributed by atoms with van der Waals surface area (Å²) in [5, 5.41) is 0. The van der Waals surface area contributed by atoms with E-state index in [0.29, 0.717) is 0 Å². The van der Waals surface area contributed by atoms with E-state index in [9.17, 15) is 0 Å². The monoisotopic (exact) mass is 123 g/mol. The summed E-state index contributed by atoms with van der Waals surface area (Å²) in [5.41, 5.74) is 0. The van der Waals surface area contributed by atoms with Crippen LogP contribution in [0.25, 0.3) is 0 Å². The van der Waals surface area contributed by atoms with Gasteiger partial charge in [-0.05, 0) is 6.85 Å². The maximum Gasteiger partial charge on any atom is 0.0890 e. The SMILES string of the molecule is [2H]C1=C([2H])N(C([2H])([2H])C([2H])([2H])[2H])C([2H])N1C([2H])([2H])[2H]. The third-order valence-electron chi connectivity index (χ3n) is 0.642. The van der Waals surface area contributed by atoms with Crippen LogP contribution in [0.15, 0.2) is 12.4 Å². The van der Waals surface area contributed by atoms with Crippen LogP contribution in [-0.2, 0) is 0 Å². The predicted molar refractivity (Wildman–Crippen MR) is 34.1 cm³/mol. The van der Waals surface area contributed by atoms with Gasteiger partial charge in [0.2, 0.25) is 0 Å². The molecule has 0 bridgehead atoms. The van der Waals surface area contributed by atoms with E-state index < -0.39 is 39.3 Å². The molecule has 0 aliphatic carbocycles. The van der Waals surface area contributed by atoms with Gasteiger partial charge in [-0.1, -0.05) is 0 Å². The van der Waals surface area contributed by atoms with Crippen LogP contribution < -0.4 is 0 Å². The van der Waals surface area contributed by atoms with Crippen molar-refractivity contribution in [2.45, 2.75) is 6.85 Å². The van der Waals surface area contributed by atoms with Crippen molar-refractivity contribution < 1.29 is 15.1 Å². The quantitative estimate of drug-likeness (QED) is 0.506. The Morgan fingerprint density at radius 3 is 3.75 bits per heavy atom. The van der Waals surface area contributed by atoms with Crippen molar-refractivity contribution in [3.05, 3.63) is 12.4 Å². The first-order chi connectivity index (χ1) is 8.23. The van der Waals surface area contributed by atoms with Gasteiger partial charge in [-0.25, -0.2) is 0 Å². The second-order valence-corrected chi connectivity index (χ2v) is 1.19. The topological polar surface area (TPSA) is 6.48 Å². The van der Waals surface area contributed by atoms with Gasteiger partial charge in [0.15, 0.2) is 0 Å². The smallest absolute Gasteiger partial charge is 0.0890 e. The van der Waals surface area contributed by atoms with Gasteiger partial charge in [-0.3, -0.25) is 0 Å². The van der Waals surface area contributed by atoms with E-state index in [-0.39, 0.29) is 9.80 Å². The van der Waals surface area contributed by atoms with E-state index in [1.807, 2.05) is 0 Å². The lowest BCUT2D eigenvalue weighted by Gasteiger charge is -2.14. The van der Waals surface area contributed by atoms with Crippen LogP contribution in [0.3, 0.4) is 0 Å². The summed E-state index contributed by atoms with van der Waals surface area (Å²) in [6.07, 6.45) is -1.86. The van der Waals surface area contributed by atoms with Gasteiger partial charge in [-0.15, -0.1) is 0 Å². The largest absolute Gasteiger partial charge is 0.362 e. The first kappa shape index (κ1) is 0.877. The highest BCUT2D eigenvalue weighted by Crippen LogP contribution is 2.00. The molecule has 1 heterocycles. The molecular weight excluding hydrogens is 100 g/mol. The summed E-state index contributed by atoms with van der Waals surface area (Å²) in [6.45, 7) is -11.3. The van der Waals surface area contributed by atoms with Crippen LogP contribution in [0.4, 0.5) is 0 Å². The Balaban J connectivity index is 3.28. The summed E-state index contributed by atoms with van der Waals surface area (Å²) in [4.78, 5) is 0.369. The summed E-state index contributed by atoms with van der Waals surface area (Å²) in [7, 11) is 0. The minimum absolute atomic E-state index is 0.161. The van der Waals surface area contributed by atoms with Crippen molar-refractivity contribution >= 4 is 0 Å². The molecule has 2 heteroatoms. The highest BCUT2D eigenvalue weighted by atomic mass is 15.3. The van der Waals surface area contributed by atoms with Gasteiger partial charge in [0.1, 0.15) is 0 Å². The van der Waals surface area contributed by atoms with Crippen LogP contribution in [0.1, 0.15) is 21.9 Å². The Kier molecular flexibility index (Phi) is 0.227. The van der Waals surface area contributed by atoms with Crippen LogP contribution in [-0.4, -0.2) is 29.9 Å². The van der Waals surface area contributed by atoms with Gasteiger partial charge in [0, 0.05) is 36.8 Å². The van der Waals surface area contributed by atoms with Gasteiger partial charge < -0.3 is 9.80 Å². The zero-order valence-corrected chi connectivity index (χ0v) is 3.97. The average Bonchev–Trinajstić information content (AvgIpc) is 2.34. The Bertz CT molecular complexity index is 393. The second-order valence-electron chi connectivity index (χ2n) is 1.19. The minimum Gasteiger partial charge on any atom is -0.362 e. The molecule has 8 heavy (non-hydrogen) atoms. The second kappa shape index (κ2) is 2.07. The molecule has 1 aliphatic rings. The lowest BCUT2D eigenvalue weighted by atomic mass is 10.6. The zero-order valence-electron chi connectivity index (χ0n) is 15.0. The molecule has 2 nitrogen and oxygen atoms in total. The molecule has 1 unspecified atom stereocenters. The van der Waals surface area contributed by atoms with Crippen LogP contribution in [0.5, 0.6) is 0 Å². The molecule has 1 atom stereocenters. The summed E-state index contributed by atoms with van der Waals surface area (Å²) >= 11 is 0. The molecule has 0 saturated carbocycles. The normalized spacial score (nSPS) is 55.0. The number of rotatable bonds is 1. The Hall–Kier alpha value is -0.660. The predicted octanol–water partition coefficient (Wildman–Crippen LogP) is 0.682. The average molecular weight is 123 g/mol. The molecule has 0 saturated heterocycles. The molecule has 1 rings (SSSR count). The molecule has 0 aromatic heterocycles. The third kappa shape index (κ3) is 0.941. The van der Waals surface area contributed by atoms with Crippen molar-refractivity contribution in [3.8, 4) is 0 Å². The maximum atomic E-state index is 7.62. The molecule has 0 aromatic rings. The van der Waals surface area contributed by atoms with Crippen LogP contribution >= 0.6 is 0 Å². The van der Waals surface area contributed by atoms with Gasteiger partial charge in [-0.2, -0.15) is 0 Å². The Morgan fingerprint density at radius 2 is 3.12 bits per heavy atom. The number of nitrogens with zero attached hydrogens (tertiary/aromatic N) is 2. The highest BCUT2D eigenvalue weighted by molar-refractivity contribution is 4.87. The van der Waals surface area contributed by atoms with Crippen molar-refractivity contribution in [2.24, 2.45) is 0 Å². The molecule has 0 aromatic carbocycles. The van der Waals surface area contributed by atoms with E-state index in [4.69, 9.17) is 15.1 Å². The lowest BCUT2D eigenvalue weighted by molar-refractivity contribution is 0.308. The van der Waals surface area contributed by atoms with Crippen LogP contribution in [0, 0.1) is 0 Å². The van der Waals surface area contributed by atoms with E-state index in [2.05, 4.69) is 0 Å². The van der Waals surface area contributed by atoms with Crippen LogP contribution in [0.2, 0.25) is 0 Å². The fourth-order valence-electron chi connectivity index (χ4n) is 0.338. The third-order valence-corrected chi connectivity index (χ3v) is 0.642. The molecule has 0 fully saturated rings. The minimum atomic E-state index is -3.19. The summed E-state index contributed by atoms with van der Waals surface area (Å²) in [6, 6.07) is 0. The Labute approximate surface area is 65.8 Å². The molecule has 0 N–H and O–H groups in total. The molecular formula is C6H12N2. The van der Waals surface area contributed by atoms with Gasteiger partial charge in [0.05, 0.1) is 10.8 Å². The fraction of sp³-hybridized carbons (Fsp3) is 0.667. The number of hydrogen-bond acceptors (Lipinski definition) is 2. The van der Waals surface area contributed by atoms with Crippen molar-refractivity contribution in [1.29, 1.82) is 0 Å². The van der Waals surface area contributed by atoms with E-state index in [0.717, 1.165) is 0 Å². The van der Waals surface area contributed by atoms with E-state index >= 15 is 0 Å². The van der Waals surface area contributed by atoms with Crippen molar-refractivity contribution in [2.75, 3.05) is 20.1 Å². The first-order valence-corrected chi connectivity index (χ1v) is 1.91. The van der Waals surface area contributed by atoms with Gasteiger partial charge >= 0.3 is 0 Å². The van der Waals surface area contributed by atoms with E-state index in [1.165, 1.54) is 0 Å². The number of hydrogen-bond donors (Lipinski definition) is 0. The Morgan fingerprint density at radius 1 is 2.12 bits per heavy atom. The maximum absolute atomic E-state index is 7.62. The molecule has 0 radical (unpaired) electrons.